The van der Waals surface area contributed by atoms with Crippen molar-refractivity contribution in [1.29, 1.82) is 0 Å². The Morgan fingerprint density at radius 2 is 1.95 bits per heavy atom. The Kier molecular flexibility index (Phi) is 4.86. The van der Waals surface area contributed by atoms with E-state index in [1.165, 1.54) is 0 Å². The average Bonchev–Trinajstić information content (AvgIpc) is 2.48. The molecule has 2 aromatic carbocycles. The van der Waals surface area contributed by atoms with E-state index in [0.29, 0.717) is 10.6 Å². The molecule has 0 aliphatic carbocycles. The van der Waals surface area contributed by atoms with Gasteiger partial charge in [-0.2, -0.15) is 0 Å². The number of rotatable bonds is 4. The van der Waals surface area contributed by atoms with Gasteiger partial charge in [0.05, 0.1) is 5.56 Å². The van der Waals surface area contributed by atoms with E-state index >= 15 is 0 Å². The van der Waals surface area contributed by atoms with Crippen LogP contribution in [-0.4, -0.2) is 19.5 Å². The summed E-state index contributed by atoms with van der Waals surface area (Å²) in [6.45, 7) is 4.73. The molecule has 0 bridgehead atoms. The standard InChI is InChI=1S/C17H19ClN2O/c1-4-19-15-10-9-13(18)11-14(15)17(21)20(3)16-8-6-5-7-12(16)2/h5-11,19H,4H2,1-3H3. The number of carbonyl (C=O) groups excluding carboxylic acids is 1. The monoisotopic (exact) mass is 302 g/mol. The number of para-hydroxylation sites is 1. The summed E-state index contributed by atoms with van der Waals surface area (Å²) in [5, 5.41) is 3.75. The fraction of sp³-hybridized carbons (Fsp3) is 0.235. The first-order valence-electron chi connectivity index (χ1n) is 6.91. The number of hydrogen-bond acceptors (Lipinski definition) is 2. The Morgan fingerprint density at radius 1 is 1.24 bits per heavy atom. The van der Waals surface area contributed by atoms with E-state index in [1.807, 2.05) is 44.2 Å². The van der Waals surface area contributed by atoms with Crippen LogP contribution < -0.4 is 10.2 Å². The summed E-state index contributed by atoms with van der Waals surface area (Å²) in [5.74, 6) is -0.0808. The molecule has 2 aromatic rings. The molecule has 0 aromatic heterocycles. The van der Waals surface area contributed by atoms with Crippen LogP contribution in [0.2, 0.25) is 5.02 Å². The Balaban J connectivity index is 2.40. The normalized spacial score (nSPS) is 10.3. The Labute approximate surface area is 130 Å². The molecule has 0 heterocycles. The van der Waals surface area contributed by atoms with Crippen molar-refractivity contribution in [2.45, 2.75) is 13.8 Å². The van der Waals surface area contributed by atoms with Gasteiger partial charge < -0.3 is 10.2 Å². The zero-order valence-electron chi connectivity index (χ0n) is 12.5. The molecule has 0 saturated carbocycles. The van der Waals surface area contributed by atoms with E-state index in [2.05, 4.69) is 5.32 Å². The van der Waals surface area contributed by atoms with Crippen LogP contribution >= 0.6 is 11.6 Å². The van der Waals surface area contributed by atoms with Gasteiger partial charge in [0.15, 0.2) is 0 Å². The molecular formula is C17H19ClN2O. The highest BCUT2D eigenvalue weighted by Gasteiger charge is 2.18. The molecule has 21 heavy (non-hydrogen) atoms. The zero-order chi connectivity index (χ0) is 15.4. The van der Waals surface area contributed by atoms with Gasteiger partial charge in [0.1, 0.15) is 0 Å². The molecule has 110 valence electrons. The van der Waals surface area contributed by atoms with Crippen LogP contribution in [0, 0.1) is 6.92 Å². The topological polar surface area (TPSA) is 32.3 Å². The van der Waals surface area contributed by atoms with Gasteiger partial charge in [-0.3, -0.25) is 4.79 Å². The predicted molar refractivity (Wildman–Crippen MR) is 89.5 cm³/mol. The molecule has 0 aliphatic heterocycles. The maximum absolute atomic E-state index is 12.8. The fourth-order valence-electron chi connectivity index (χ4n) is 2.27. The van der Waals surface area contributed by atoms with Crippen LogP contribution in [0.3, 0.4) is 0 Å². The summed E-state index contributed by atoms with van der Waals surface area (Å²) in [5.41, 5.74) is 3.33. The van der Waals surface area contributed by atoms with Crippen LogP contribution in [0.25, 0.3) is 0 Å². The highest BCUT2D eigenvalue weighted by molar-refractivity contribution is 6.31. The molecule has 1 amide bonds. The van der Waals surface area contributed by atoms with E-state index in [1.54, 1.807) is 24.1 Å². The van der Waals surface area contributed by atoms with E-state index in [0.717, 1.165) is 23.5 Å². The van der Waals surface area contributed by atoms with Crippen LogP contribution in [0.4, 0.5) is 11.4 Å². The second kappa shape index (κ2) is 6.64. The minimum Gasteiger partial charge on any atom is -0.385 e. The SMILES string of the molecule is CCNc1ccc(Cl)cc1C(=O)N(C)c1ccccc1C. The number of hydrogen-bond donors (Lipinski definition) is 1. The van der Waals surface area contributed by atoms with Crippen LogP contribution in [-0.2, 0) is 0 Å². The molecule has 1 N–H and O–H groups in total. The fourth-order valence-corrected chi connectivity index (χ4v) is 2.44. The second-order valence-corrected chi connectivity index (χ2v) is 5.31. The van der Waals surface area contributed by atoms with Gasteiger partial charge in [-0.1, -0.05) is 29.8 Å². The third kappa shape index (κ3) is 3.37. The Hall–Kier alpha value is -2.00. The van der Waals surface area contributed by atoms with Crippen LogP contribution in [0.5, 0.6) is 0 Å². The molecule has 3 nitrogen and oxygen atoms in total. The largest absolute Gasteiger partial charge is 0.385 e. The smallest absolute Gasteiger partial charge is 0.260 e. The van der Waals surface area contributed by atoms with Gasteiger partial charge >= 0.3 is 0 Å². The molecular weight excluding hydrogens is 284 g/mol. The highest BCUT2D eigenvalue weighted by atomic mass is 35.5. The molecule has 0 unspecified atom stereocenters. The third-order valence-electron chi connectivity index (χ3n) is 3.36. The summed E-state index contributed by atoms with van der Waals surface area (Å²) in [7, 11) is 1.78. The van der Waals surface area contributed by atoms with Gasteiger partial charge in [0.25, 0.3) is 5.91 Å². The lowest BCUT2D eigenvalue weighted by Crippen LogP contribution is -2.27. The number of anilines is 2. The summed E-state index contributed by atoms with van der Waals surface area (Å²) < 4.78 is 0. The van der Waals surface area contributed by atoms with Gasteiger partial charge in [-0.25, -0.2) is 0 Å². The van der Waals surface area contributed by atoms with Crippen molar-refractivity contribution in [3.05, 3.63) is 58.6 Å². The number of nitrogens with one attached hydrogen (secondary N) is 1. The Bertz CT molecular complexity index is 655. The number of amides is 1. The molecule has 0 saturated heterocycles. The lowest BCUT2D eigenvalue weighted by molar-refractivity contribution is 0.0993. The maximum Gasteiger partial charge on any atom is 0.260 e. The number of halogens is 1. The van der Waals surface area contributed by atoms with Gasteiger partial charge in [-0.05, 0) is 43.7 Å². The highest BCUT2D eigenvalue weighted by Crippen LogP contribution is 2.25. The van der Waals surface area contributed by atoms with Crippen LogP contribution in [0.15, 0.2) is 42.5 Å². The average molecular weight is 303 g/mol. The van der Waals surface area contributed by atoms with Gasteiger partial charge in [0.2, 0.25) is 0 Å². The van der Waals surface area contributed by atoms with E-state index in [-0.39, 0.29) is 5.91 Å². The number of benzene rings is 2. The molecule has 0 atom stereocenters. The molecule has 0 spiro atoms. The van der Waals surface area contributed by atoms with Crippen LogP contribution in [0.1, 0.15) is 22.8 Å². The lowest BCUT2D eigenvalue weighted by Gasteiger charge is -2.21. The van der Waals surface area contributed by atoms with Crippen molar-refractivity contribution < 1.29 is 4.79 Å². The summed E-state index contributed by atoms with van der Waals surface area (Å²) in [4.78, 5) is 14.4. The quantitative estimate of drug-likeness (QED) is 0.910. The zero-order valence-corrected chi connectivity index (χ0v) is 13.2. The molecule has 0 aliphatic rings. The maximum atomic E-state index is 12.8. The van der Waals surface area contributed by atoms with E-state index in [9.17, 15) is 4.79 Å². The molecule has 4 heteroatoms. The summed E-state index contributed by atoms with van der Waals surface area (Å²) in [6, 6.07) is 13.1. The summed E-state index contributed by atoms with van der Waals surface area (Å²) >= 11 is 6.04. The first kappa shape index (κ1) is 15.4. The first-order chi connectivity index (χ1) is 10.0. The third-order valence-corrected chi connectivity index (χ3v) is 3.60. The number of carbonyl (C=O) groups is 1. The minimum atomic E-state index is -0.0808. The predicted octanol–water partition coefficient (Wildman–Crippen LogP) is 4.36. The number of nitrogens with zero attached hydrogens (tertiary/aromatic N) is 1. The second-order valence-electron chi connectivity index (χ2n) is 4.87. The molecule has 0 radical (unpaired) electrons. The molecule has 2 rings (SSSR count). The lowest BCUT2D eigenvalue weighted by atomic mass is 10.1. The van der Waals surface area contributed by atoms with Crippen molar-refractivity contribution >= 4 is 28.9 Å². The van der Waals surface area contributed by atoms with Crippen molar-refractivity contribution in [2.75, 3.05) is 23.8 Å². The molecule has 0 fully saturated rings. The first-order valence-corrected chi connectivity index (χ1v) is 7.29. The number of aryl methyl sites for hydroxylation is 1. The van der Waals surface area contributed by atoms with Crippen molar-refractivity contribution in [3.8, 4) is 0 Å². The van der Waals surface area contributed by atoms with E-state index < -0.39 is 0 Å². The summed E-state index contributed by atoms with van der Waals surface area (Å²) in [6.07, 6.45) is 0. The van der Waals surface area contributed by atoms with E-state index in [4.69, 9.17) is 11.6 Å². The Morgan fingerprint density at radius 3 is 2.62 bits per heavy atom. The van der Waals surface area contributed by atoms with Crippen molar-refractivity contribution in [2.24, 2.45) is 0 Å². The van der Waals surface area contributed by atoms with Gasteiger partial charge in [-0.15, -0.1) is 0 Å². The van der Waals surface area contributed by atoms with Gasteiger partial charge in [0, 0.05) is 30.0 Å². The van der Waals surface area contributed by atoms with Crippen molar-refractivity contribution in [3.63, 3.8) is 0 Å². The van der Waals surface area contributed by atoms with Crippen molar-refractivity contribution in [1.82, 2.24) is 0 Å². The minimum absolute atomic E-state index is 0.0808.